The van der Waals surface area contributed by atoms with Crippen molar-refractivity contribution in [2.75, 3.05) is 5.32 Å². The lowest BCUT2D eigenvalue weighted by Crippen LogP contribution is -1.95. The molecule has 8 aromatic rings. The predicted octanol–water partition coefficient (Wildman–Crippen LogP) is 12.3. The van der Waals surface area contributed by atoms with Gasteiger partial charge in [-0.1, -0.05) is 116 Å². The Kier molecular flexibility index (Phi) is 6.43. The number of hydrogen-bond acceptors (Lipinski definition) is 3. The first-order valence-corrected chi connectivity index (χ1v) is 15.0. The van der Waals surface area contributed by atoms with Crippen molar-refractivity contribution >= 4 is 71.1 Å². The summed E-state index contributed by atoms with van der Waals surface area (Å²) in [6.07, 6.45) is 5.47. The molecule has 0 aliphatic heterocycles. The first-order valence-electron chi connectivity index (χ1n) is 15.0. The van der Waals surface area contributed by atoms with Gasteiger partial charge in [-0.25, -0.2) is 0 Å². The molecular formula is C42H29NO2. The third kappa shape index (κ3) is 4.72. The van der Waals surface area contributed by atoms with Crippen molar-refractivity contribution in [1.82, 2.24) is 0 Å². The van der Waals surface area contributed by atoms with Gasteiger partial charge in [0.05, 0.1) is 0 Å². The lowest BCUT2D eigenvalue weighted by atomic mass is 9.94. The van der Waals surface area contributed by atoms with E-state index in [0.29, 0.717) is 22.3 Å². The van der Waals surface area contributed by atoms with Crippen LogP contribution in [0.2, 0.25) is 0 Å². The van der Waals surface area contributed by atoms with Crippen LogP contribution in [0.25, 0.3) is 76.5 Å². The highest BCUT2D eigenvalue weighted by molar-refractivity contribution is 6.26. The molecule has 1 heterocycles. The number of benzene rings is 6. The quantitative estimate of drug-likeness (QED) is 0.163. The molecule has 8 rings (SSSR count). The van der Waals surface area contributed by atoms with E-state index < -0.39 is 0 Å². The van der Waals surface area contributed by atoms with Crippen LogP contribution < -0.4 is 5.32 Å². The Morgan fingerprint density at radius 3 is 1.53 bits per heavy atom. The molecule has 0 spiro atoms. The van der Waals surface area contributed by atoms with Gasteiger partial charge >= 0.3 is 0 Å². The molecule has 45 heavy (non-hydrogen) atoms. The molecule has 0 amide bonds. The van der Waals surface area contributed by atoms with Gasteiger partial charge in [0.1, 0.15) is 0 Å². The number of hydrogen-bond donors (Lipinski definition) is 1. The molecule has 0 atom stereocenters. The maximum atomic E-state index is 6.62. The minimum Gasteiger partial charge on any atom is -0.449 e. The average Bonchev–Trinajstić information content (AvgIpc) is 3.08. The monoisotopic (exact) mass is 579 g/mol. The summed E-state index contributed by atoms with van der Waals surface area (Å²) in [6, 6.07) is 44.5. The maximum Gasteiger partial charge on any atom is 0.170 e. The van der Waals surface area contributed by atoms with Crippen molar-refractivity contribution in [1.29, 1.82) is 0 Å². The molecular weight excluding hydrogens is 550 g/mol. The van der Waals surface area contributed by atoms with Crippen molar-refractivity contribution < 1.29 is 8.83 Å². The Hall–Kier alpha value is -6.06. The minimum atomic E-state index is 0.682. The molecule has 0 fully saturated rings. The normalized spacial score (nSPS) is 11.6. The number of allylic oxidation sites excluding steroid dienone is 3. The van der Waals surface area contributed by atoms with Crippen molar-refractivity contribution in [3.8, 4) is 11.1 Å². The molecule has 1 aromatic heterocycles. The fourth-order valence-electron chi connectivity index (χ4n) is 6.30. The fourth-order valence-corrected chi connectivity index (χ4v) is 6.30. The fraction of sp³-hybridized carbons (Fsp3) is 0. The first kappa shape index (κ1) is 26.6. The van der Waals surface area contributed by atoms with Crippen molar-refractivity contribution in [2.24, 2.45) is 0 Å². The molecule has 0 bridgehead atoms. The summed E-state index contributed by atoms with van der Waals surface area (Å²) in [6.45, 7) is 7.79. The SMILES string of the molecule is C=C/C=C\C(=C)Nc1cccc(-c2ccc3oc4cc5c6ccccc6c6ccccc6c6ccccc6c5cc4oc3c2)c1. The second kappa shape index (κ2) is 10.9. The zero-order chi connectivity index (χ0) is 30.3. The molecule has 0 saturated heterocycles. The summed E-state index contributed by atoms with van der Waals surface area (Å²) >= 11 is 0. The van der Waals surface area contributed by atoms with E-state index in [-0.39, 0.29) is 0 Å². The third-order valence-electron chi connectivity index (χ3n) is 8.34. The first-order chi connectivity index (χ1) is 22.2. The van der Waals surface area contributed by atoms with E-state index in [1.807, 2.05) is 36.4 Å². The van der Waals surface area contributed by atoms with Gasteiger partial charge in [0.25, 0.3) is 0 Å². The van der Waals surface area contributed by atoms with Crippen molar-refractivity contribution in [3.63, 3.8) is 0 Å². The number of rotatable bonds is 5. The zero-order valence-electron chi connectivity index (χ0n) is 24.6. The molecule has 0 unspecified atom stereocenters. The van der Waals surface area contributed by atoms with E-state index in [4.69, 9.17) is 8.83 Å². The van der Waals surface area contributed by atoms with Crippen LogP contribution in [0.4, 0.5) is 5.69 Å². The van der Waals surface area contributed by atoms with Gasteiger partial charge in [-0.05, 0) is 96.7 Å². The summed E-state index contributed by atoms with van der Waals surface area (Å²) in [5.41, 5.74) is 6.58. The lowest BCUT2D eigenvalue weighted by molar-refractivity contribution is 0.583. The Bertz CT molecular complexity index is 2560. The van der Waals surface area contributed by atoms with Crippen molar-refractivity contribution in [3.05, 3.63) is 164 Å². The van der Waals surface area contributed by atoms with Crippen LogP contribution in [0, 0.1) is 0 Å². The van der Waals surface area contributed by atoms with Gasteiger partial charge in [-0.15, -0.1) is 0 Å². The summed E-state index contributed by atoms with van der Waals surface area (Å²) in [5, 5.41) is 12.7. The lowest BCUT2D eigenvalue weighted by Gasteiger charge is -2.11. The highest BCUT2D eigenvalue weighted by Gasteiger charge is 2.13. The molecule has 3 heteroatoms. The van der Waals surface area contributed by atoms with Gasteiger partial charge < -0.3 is 14.2 Å². The van der Waals surface area contributed by atoms with E-state index in [0.717, 1.165) is 44.1 Å². The number of nitrogens with one attached hydrogen (secondary N) is 1. The maximum absolute atomic E-state index is 6.62. The minimum absolute atomic E-state index is 0.682. The van der Waals surface area contributed by atoms with Crippen LogP contribution in [0.15, 0.2) is 173 Å². The molecule has 0 aliphatic carbocycles. The smallest absolute Gasteiger partial charge is 0.170 e. The zero-order valence-corrected chi connectivity index (χ0v) is 24.6. The second-order valence-electron chi connectivity index (χ2n) is 11.2. The van der Waals surface area contributed by atoms with Crippen LogP contribution in [0.3, 0.4) is 0 Å². The standard InChI is InChI=1S/C42H29NO2/c1-3-4-12-27(2)43-30-14-11-13-28(23-30)29-21-22-39-40(24-29)45-42-26-38-36-20-10-8-18-34(36)32-16-6-5-15-31(32)33-17-7-9-19-35(33)37(38)25-41(42)44-39/h3-26,43H,1-2H2/b12-4-,33-31?,34-32?,37-35?,38-36?. The Morgan fingerprint density at radius 2 is 0.978 bits per heavy atom. The van der Waals surface area contributed by atoms with Gasteiger partial charge in [-0.2, -0.15) is 0 Å². The van der Waals surface area contributed by atoms with Gasteiger partial charge in [0, 0.05) is 11.4 Å². The molecule has 0 aliphatic rings. The highest BCUT2D eigenvalue weighted by atomic mass is 16.4. The summed E-state index contributed by atoms with van der Waals surface area (Å²) in [7, 11) is 0. The summed E-state index contributed by atoms with van der Waals surface area (Å²) in [4.78, 5) is 0. The van der Waals surface area contributed by atoms with E-state index in [9.17, 15) is 0 Å². The molecule has 0 saturated carbocycles. The van der Waals surface area contributed by atoms with Crippen LogP contribution in [0.5, 0.6) is 0 Å². The highest BCUT2D eigenvalue weighted by Crippen LogP contribution is 2.38. The molecule has 1 N–H and O–H groups in total. The predicted molar refractivity (Wildman–Crippen MR) is 191 cm³/mol. The van der Waals surface area contributed by atoms with E-state index in [2.05, 4.69) is 122 Å². The molecule has 214 valence electrons. The van der Waals surface area contributed by atoms with E-state index in [1.54, 1.807) is 6.08 Å². The average molecular weight is 580 g/mol. The molecule has 0 radical (unpaired) electrons. The van der Waals surface area contributed by atoms with Crippen molar-refractivity contribution in [2.45, 2.75) is 0 Å². The summed E-state index contributed by atoms with van der Waals surface area (Å²) in [5.74, 6) is 0. The van der Waals surface area contributed by atoms with Gasteiger partial charge in [0.15, 0.2) is 22.3 Å². The van der Waals surface area contributed by atoms with Gasteiger partial charge in [0.2, 0.25) is 0 Å². The van der Waals surface area contributed by atoms with Crippen LogP contribution in [-0.2, 0) is 0 Å². The molecule has 3 nitrogen and oxygen atoms in total. The van der Waals surface area contributed by atoms with Crippen LogP contribution in [0.1, 0.15) is 0 Å². The second-order valence-corrected chi connectivity index (χ2v) is 11.2. The van der Waals surface area contributed by atoms with Crippen LogP contribution >= 0.6 is 0 Å². The Morgan fingerprint density at radius 1 is 0.489 bits per heavy atom. The third-order valence-corrected chi connectivity index (χ3v) is 8.34. The van der Waals surface area contributed by atoms with Crippen LogP contribution in [-0.4, -0.2) is 0 Å². The number of fused-ring (bicyclic) bond motifs is 10. The van der Waals surface area contributed by atoms with E-state index in [1.165, 1.54) is 21.5 Å². The largest absolute Gasteiger partial charge is 0.449 e. The Balaban J connectivity index is 1.36. The van der Waals surface area contributed by atoms with E-state index >= 15 is 0 Å². The topological polar surface area (TPSA) is 38.3 Å². The molecule has 7 aromatic carbocycles. The van der Waals surface area contributed by atoms with Gasteiger partial charge in [-0.3, -0.25) is 0 Å². The Labute approximate surface area is 260 Å². The summed E-state index contributed by atoms with van der Waals surface area (Å²) < 4.78 is 13.1. The number of anilines is 1.